The molecule has 2 aromatic rings. The monoisotopic (exact) mass is 641 g/mol. The number of aliphatic hydroxyl groups is 2. The van der Waals surface area contributed by atoms with Gasteiger partial charge in [-0.3, -0.25) is 9.59 Å². The third kappa shape index (κ3) is 8.16. The van der Waals surface area contributed by atoms with E-state index in [1.807, 2.05) is 60.7 Å². The third-order valence-corrected chi connectivity index (χ3v) is 8.79. The van der Waals surface area contributed by atoms with Crippen LogP contribution in [0.1, 0.15) is 75.0 Å². The van der Waals surface area contributed by atoms with Crippen LogP contribution in [0.3, 0.4) is 0 Å². The number of ether oxygens (including phenoxy) is 2. The summed E-state index contributed by atoms with van der Waals surface area (Å²) in [7, 11) is 0. The van der Waals surface area contributed by atoms with Crippen molar-refractivity contribution in [3.05, 3.63) is 82.3 Å². The lowest BCUT2D eigenvalue weighted by Gasteiger charge is -2.38. The molecule has 0 aromatic heterocycles. The van der Waals surface area contributed by atoms with Gasteiger partial charge in [-0.25, -0.2) is 9.69 Å². The average Bonchev–Trinajstić information content (AvgIpc) is 3.39. The molecule has 2 aromatic carbocycles. The summed E-state index contributed by atoms with van der Waals surface area (Å²) in [5.41, 5.74) is 1.55. The molecule has 0 bridgehead atoms. The van der Waals surface area contributed by atoms with E-state index in [9.17, 15) is 19.5 Å². The summed E-state index contributed by atoms with van der Waals surface area (Å²) in [6.45, 7) is 0.251. The molecule has 2 aliphatic rings. The van der Waals surface area contributed by atoms with Crippen LogP contribution in [0, 0.1) is 5.92 Å². The Morgan fingerprint density at radius 2 is 1.52 bits per heavy atom. The number of imide groups is 1. The molecule has 1 saturated heterocycles. The molecule has 2 aliphatic heterocycles. The topological polar surface area (TPSA) is 113 Å². The summed E-state index contributed by atoms with van der Waals surface area (Å²) < 4.78 is 11.7. The van der Waals surface area contributed by atoms with Crippen LogP contribution in [0.25, 0.3) is 0 Å². The van der Waals surface area contributed by atoms with Gasteiger partial charge in [-0.05, 0) is 52.4 Å². The Morgan fingerprint density at radius 1 is 0.929 bits per heavy atom. The number of cyclic esters (lactones) is 1. The second-order valence-electron chi connectivity index (χ2n) is 11.0. The van der Waals surface area contributed by atoms with Gasteiger partial charge >= 0.3 is 6.09 Å². The summed E-state index contributed by atoms with van der Waals surface area (Å²) in [5.74, 6) is -3.87. The molecule has 2 amide bonds. The maximum Gasteiger partial charge on any atom is 0.417 e. The standard InChI is InChI=1S/C33H40BrNO7/c34-29-22-28(37)30(42-33(29,40)19-13-5-3-1-2-4-6-14-20-36)26(21-24-15-9-7-10-16-24)31(38)35-27(23-41-32(35)39)25-17-11-8-12-18-25/h7-12,15-18,22,26-27,30,36,40H,1-6,13-14,19-21,23H2. The smallest absolute Gasteiger partial charge is 0.417 e. The van der Waals surface area contributed by atoms with Crippen LogP contribution >= 0.6 is 15.9 Å². The first-order valence-corrected chi connectivity index (χ1v) is 15.6. The molecule has 0 aliphatic carbocycles. The Bertz CT molecular complexity index is 1220. The second-order valence-corrected chi connectivity index (χ2v) is 11.9. The lowest BCUT2D eigenvalue weighted by Crippen LogP contribution is -2.52. The molecule has 0 spiro atoms. The van der Waals surface area contributed by atoms with Crippen molar-refractivity contribution in [2.75, 3.05) is 13.2 Å². The largest absolute Gasteiger partial charge is 0.446 e. The van der Waals surface area contributed by atoms with E-state index >= 15 is 0 Å². The third-order valence-electron chi connectivity index (χ3n) is 7.94. The molecule has 1 fully saturated rings. The van der Waals surface area contributed by atoms with Crippen LogP contribution in [0.2, 0.25) is 0 Å². The summed E-state index contributed by atoms with van der Waals surface area (Å²) in [6.07, 6.45) is 7.34. The Balaban J connectivity index is 1.50. The molecule has 4 unspecified atom stereocenters. The first kappa shape index (κ1) is 32.1. The Labute approximate surface area is 255 Å². The minimum absolute atomic E-state index is 0.0168. The van der Waals surface area contributed by atoms with Crippen molar-refractivity contribution >= 4 is 33.7 Å². The fourth-order valence-electron chi connectivity index (χ4n) is 5.60. The highest BCUT2D eigenvalue weighted by Crippen LogP contribution is 2.39. The number of carbonyl (C=O) groups excluding carboxylic acids is 3. The fraction of sp³-hybridized carbons (Fsp3) is 0.485. The molecule has 2 N–H and O–H groups in total. The highest BCUT2D eigenvalue weighted by molar-refractivity contribution is 9.11. The molecule has 4 atom stereocenters. The minimum Gasteiger partial charge on any atom is -0.446 e. The number of rotatable bonds is 15. The SMILES string of the molecule is O=C1C=C(Br)C(O)(CCCCCCCCCCO)OC1C(Cc1ccccc1)C(=O)N1C(=O)OCC1c1ccccc1. The van der Waals surface area contributed by atoms with Gasteiger partial charge in [0.15, 0.2) is 11.6 Å². The van der Waals surface area contributed by atoms with Crippen molar-refractivity contribution < 1.29 is 34.1 Å². The Kier molecular flexibility index (Phi) is 11.9. The summed E-state index contributed by atoms with van der Waals surface area (Å²) in [6, 6.07) is 17.8. The first-order valence-electron chi connectivity index (χ1n) is 14.9. The van der Waals surface area contributed by atoms with Crippen molar-refractivity contribution in [1.29, 1.82) is 0 Å². The molecule has 0 radical (unpaired) electrons. The quantitative estimate of drug-likeness (QED) is 0.229. The number of halogens is 1. The van der Waals surface area contributed by atoms with E-state index in [0.717, 1.165) is 61.0 Å². The summed E-state index contributed by atoms with van der Waals surface area (Å²) in [5, 5.41) is 20.4. The molecule has 226 valence electrons. The average molecular weight is 643 g/mol. The first-order chi connectivity index (χ1) is 20.3. The van der Waals surface area contributed by atoms with E-state index in [2.05, 4.69) is 15.9 Å². The Hall–Kier alpha value is -2.85. The van der Waals surface area contributed by atoms with Crippen molar-refractivity contribution in [2.24, 2.45) is 5.92 Å². The van der Waals surface area contributed by atoms with Crippen LogP contribution in [0.15, 0.2) is 71.2 Å². The predicted molar refractivity (Wildman–Crippen MR) is 161 cm³/mol. The van der Waals surface area contributed by atoms with Gasteiger partial charge in [-0.1, -0.05) is 99.2 Å². The van der Waals surface area contributed by atoms with E-state index in [1.54, 1.807) is 0 Å². The van der Waals surface area contributed by atoms with E-state index in [0.29, 0.717) is 6.42 Å². The number of aliphatic hydroxyl groups excluding tert-OH is 1. The number of amides is 2. The van der Waals surface area contributed by atoms with Gasteiger partial charge in [-0.15, -0.1) is 0 Å². The molecule has 2 heterocycles. The number of benzene rings is 2. The van der Waals surface area contributed by atoms with E-state index in [1.165, 1.54) is 6.08 Å². The van der Waals surface area contributed by atoms with Gasteiger partial charge in [0, 0.05) is 13.0 Å². The van der Waals surface area contributed by atoms with Gasteiger partial charge in [0.05, 0.1) is 10.4 Å². The van der Waals surface area contributed by atoms with Crippen LogP contribution in [0.5, 0.6) is 0 Å². The van der Waals surface area contributed by atoms with E-state index in [4.69, 9.17) is 14.6 Å². The molecular weight excluding hydrogens is 602 g/mol. The molecule has 42 heavy (non-hydrogen) atoms. The summed E-state index contributed by atoms with van der Waals surface area (Å²) >= 11 is 3.34. The number of nitrogens with zero attached hydrogens (tertiary/aromatic N) is 1. The zero-order chi connectivity index (χ0) is 30.0. The van der Waals surface area contributed by atoms with Gasteiger partial charge in [0.25, 0.3) is 0 Å². The zero-order valence-corrected chi connectivity index (χ0v) is 25.4. The molecule has 4 rings (SSSR count). The van der Waals surface area contributed by atoms with Crippen LogP contribution in [-0.2, 0) is 25.5 Å². The normalized spacial score (nSPS) is 23.0. The summed E-state index contributed by atoms with van der Waals surface area (Å²) in [4.78, 5) is 41.5. The lowest BCUT2D eigenvalue weighted by atomic mass is 9.87. The molecular formula is C33H40BrNO7. The van der Waals surface area contributed by atoms with Gasteiger partial charge in [0.1, 0.15) is 18.8 Å². The van der Waals surface area contributed by atoms with Gasteiger partial charge in [0.2, 0.25) is 5.91 Å². The van der Waals surface area contributed by atoms with Crippen molar-refractivity contribution in [2.45, 2.75) is 82.1 Å². The zero-order valence-electron chi connectivity index (χ0n) is 23.8. The second kappa shape index (κ2) is 15.6. The molecule has 0 saturated carbocycles. The highest BCUT2D eigenvalue weighted by atomic mass is 79.9. The Morgan fingerprint density at radius 3 is 2.17 bits per heavy atom. The number of ketones is 1. The van der Waals surface area contributed by atoms with Crippen molar-refractivity contribution in [1.82, 2.24) is 4.90 Å². The minimum atomic E-state index is -1.76. The lowest BCUT2D eigenvalue weighted by molar-refractivity contribution is -0.218. The molecule has 8 nitrogen and oxygen atoms in total. The maximum atomic E-state index is 14.2. The van der Waals surface area contributed by atoms with Crippen LogP contribution < -0.4 is 0 Å². The highest BCUT2D eigenvalue weighted by Gasteiger charge is 2.50. The number of carbonyl (C=O) groups is 3. The fourth-order valence-corrected chi connectivity index (χ4v) is 6.11. The number of hydrogen-bond acceptors (Lipinski definition) is 7. The predicted octanol–water partition coefficient (Wildman–Crippen LogP) is 6.00. The van der Waals surface area contributed by atoms with Gasteiger partial charge in [-0.2, -0.15) is 0 Å². The maximum absolute atomic E-state index is 14.2. The van der Waals surface area contributed by atoms with Crippen LogP contribution in [0.4, 0.5) is 4.79 Å². The number of hydrogen-bond donors (Lipinski definition) is 2. The van der Waals surface area contributed by atoms with E-state index in [-0.39, 0.29) is 30.5 Å². The molecule has 9 heteroatoms. The number of unbranched alkanes of at least 4 members (excludes halogenated alkanes) is 7. The van der Waals surface area contributed by atoms with E-state index < -0.39 is 41.6 Å². The van der Waals surface area contributed by atoms with Crippen molar-refractivity contribution in [3.63, 3.8) is 0 Å². The van der Waals surface area contributed by atoms with Gasteiger partial charge < -0.3 is 19.7 Å². The van der Waals surface area contributed by atoms with Crippen LogP contribution in [-0.4, -0.2) is 58.0 Å². The van der Waals surface area contributed by atoms with Crippen molar-refractivity contribution in [3.8, 4) is 0 Å².